The zero-order chi connectivity index (χ0) is 31.7. The summed E-state index contributed by atoms with van der Waals surface area (Å²) in [5.74, 6) is 1.31. The molecule has 45 heavy (non-hydrogen) atoms. The van der Waals surface area contributed by atoms with E-state index in [0.717, 1.165) is 61.6 Å². The maximum absolute atomic E-state index is 13.2. The summed E-state index contributed by atoms with van der Waals surface area (Å²) in [7, 11) is 0. The van der Waals surface area contributed by atoms with Crippen LogP contribution in [0.4, 0.5) is 5.69 Å². The molecule has 0 aliphatic carbocycles. The Morgan fingerprint density at radius 2 is 1.29 bits per heavy atom. The molecule has 0 aromatic heterocycles. The van der Waals surface area contributed by atoms with E-state index in [1.807, 2.05) is 78.9 Å². The van der Waals surface area contributed by atoms with Crippen molar-refractivity contribution in [3.63, 3.8) is 0 Å². The Bertz CT molecular complexity index is 1400. The van der Waals surface area contributed by atoms with Crippen molar-refractivity contribution in [2.24, 2.45) is 0 Å². The van der Waals surface area contributed by atoms with Crippen LogP contribution in [0.25, 0.3) is 0 Å². The van der Waals surface area contributed by atoms with Gasteiger partial charge in [-0.3, -0.25) is 14.9 Å². The van der Waals surface area contributed by atoms with E-state index in [1.54, 1.807) is 12.1 Å². The minimum Gasteiger partial charge on any atom is -0.489 e. The van der Waals surface area contributed by atoms with Gasteiger partial charge in [0.1, 0.15) is 24.7 Å². The Labute approximate surface area is 266 Å². The lowest BCUT2D eigenvalue weighted by atomic mass is 10.0. The van der Waals surface area contributed by atoms with Crippen molar-refractivity contribution >= 4 is 11.5 Å². The van der Waals surface area contributed by atoms with Crippen LogP contribution in [0.15, 0.2) is 103 Å². The predicted molar refractivity (Wildman–Crippen MR) is 177 cm³/mol. The number of rotatable bonds is 20. The Hall–Kier alpha value is -4.49. The predicted octanol–water partition coefficient (Wildman–Crippen LogP) is 9.83. The van der Waals surface area contributed by atoms with Gasteiger partial charge in [0.2, 0.25) is 0 Å². The third-order valence-electron chi connectivity index (χ3n) is 7.59. The second-order valence-electron chi connectivity index (χ2n) is 11.2. The quantitative estimate of drug-likeness (QED) is 0.0429. The molecule has 0 aliphatic heterocycles. The molecule has 4 aromatic carbocycles. The van der Waals surface area contributed by atoms with Crippen molar-refractivity contribution in [3.8, 4) is 11.5 Å². The van der Waals surface area contributed by atoms with E-state index in [-0.39, 0.29) is 22.5 Å². The van der Waals surface area contributed by atoms with E-state index in [0.29, 0.717) is 43.3 Å². The molecule has 0 radical (unpaired) electrons. The molecule has 4 rings (SSSR count). The fraction of sp³-hybridized carbons (Fsp3) is 0.342. The number of benzene rings is 4. The molecule has 0 saturated heterocycles. The van der Waals surface area contributed by atoms with Gasteiger partial charge in [-0.05, 0) is 60.2 Å². The molecule has 4 aromatic rings. The van der Waals surface area contributed by atoms with Crippen molar-refractivity contribution in [2.75, 3.05) is 6.61 Å². The molecule has 0 saturated carbocycles. The van der Waals surface area contributed by atoms with Crippen molar-refractivity contribution in [3.05, 3.63) is 135 Å². The number of carbonyl (C=O) groups is 1. The van der Waals surface area contributed by atoms with Crippen LogP contribution in [0.1, 0.15) is 91.4 Å². The molecule has 7 heteroatoms. The number of nitro benzene ring substituents is 1. The van der Waals surface area contributed by atoms with E-state index < -0.39 is 0 Å². The van der Waals surface area contributed by atoms with E-state index in [2.05, 4.69) is 6.92 Å². The molecule has 7 nitrogen and oxygen atoms in total. The Morgan fingerprint density at radius 1 is 0.733 bits per heavy atom. The van der Waals surface area contributed by atoms with Crippen LogP contribution >= 0.6 is 0 Å². The molecule has 1 atom stereocenters. The number of non-ortho nitro benzene ring substituents is 1. The summed E-state index contributed by atoms with van der Waals surface area (Å²) in [6.07, 6.45) is 7.02. The average Bonchev–Trinajstić information content (AvgIpc) is 3.08. The first-order chi connectivity index (χ1) is 22.0. The first-order valence-electron chi connectivity index (χ1n) is 15.9. The van der Waals surface area contributed by atoms with Crippen LogP contribution in [0.2, 0.25) is 0 Å². The molecule has 0 fully saturated rings. The Morgan fingerprint density at radius 3 is 1.84 bits per heavy atom. The maximum atomic E-state index is 13.2. The SMILES string of the molecule is CCCC(OCCCCCCCC(=O)c1cc(OCc2ccccc2)cc(OCc2ccccc2)c1)c1ccc([N+](=O)[O-])cc1. The highest BCUT2D eigenvalue weighted by Crippen LogP contribution is 2.27. The van der Waals surface area contributed by atoms with Crippen molar-refractivity contribution in [2.45, 2.75) is 77.6 Å². The van der Waals surface area contributed by atoms with Crippen LogP contribution in [-0.4, -0.2) is 17.3 Å². The fourth-order valence-electron chi connectivity index (χ4n) is 5.09. The first-order valence-corrected chi connectivity index (χ1v) is 15.9. The Kier molecular flexibility index (Phi) is 13.6. The molecule has 236 valence electrons. The second kappa shape index (κ2) is 18.3. The van der Waals surface area contributed by atoms with E-state index >= 15 is 0 Å². The van der Waals surface area contributed by atoms with Gasteiger partial charge in [0.15, 0.2) is 5.78 Å². The highest BCUT2D eigenvalue weighted by Gasteiger charge is 2.14. The van der Waals surface area contributed by atoms with Gasteiger partial charge in [0, 0.05) is 36.8 Å². The zero-order valence-corrected chi connectivity index (χ0v) is 26.1. The summed E-state index contributed by atoms with van der Waals surface area (Å²) >= 11 is 0. The van der Waals surface area contributed by atoms with Crippen LogP contribution in [0, 0.1) is 10.1 Å². The van der Waals surface area contributed by atoms with Crippen LogP contribution < -0.4 is 9.47 Å². The Balaban J connectivity index is 1.22. The number of hydrogen-bond donors (Lipinski definition) is 0. The van der Waals surface area contributed by atoms with Crippen LogP contribution in [0.3, 0.4) is 0 Å². The number of carbonyl (C=O) groups excluding carboxylic acids is 1. The number of nitro groups is 1. The highest BCUT2D eigenvalue weighted by molar-refractivity contribution is 5.96. The molecule has 0 N–H and O–H groups in total. The van der Waals surface area contributed by atoms with Gasteiger partial charge in [0.05, 0.1) is 11.0 Å². The van der Waals surface area contributed by atoms with Gasteiger partial charge in [-0.2, -0.15) is 0 Å². The number of hydrogen-bond acceptors (Lipinski definition) is 6. The van der Waals surface area contributed by atoms with E-state index in [1.165, 1.54) is 12.1 Å². The number of ketones is 1. The largest absolute Gasteiger partial charge is 0.489 e. The molecular weight excluding hydrogens is 566 g/mol. The number of ether oxygens (including phenoxy) is 3. The lowest BCUT2D eigenvalue weighted by molar-refractivity contribution is -0.384. The topological polar surface area (TPSA) is 87.9 Å². The standard InChI is InChI=1S/C38H43NO6/c1-2-14-38(32-20-22-34(23-21-32)39(41)42)43-24-13-5-3-4-12-19-37(40)33-25-35(44-28-30-15-8-6-9-16-30)27-36(26-33)45-29-31-17-10-7-11-18-31/h6-11,15-18,20-23,25-27,38H,2-5,12-14,19,24,28-29H2,1H3. The smallest absolute Gasteiger partial charge is 0.269 e. The second-order valence-corrected chi connectivity index (χ2v) is 11.2. The third kappa shape index (κ3) is 11.5. The summed E-state index contributed by atoms with van der Waals surface area (Å²) in [6, 6.07) is 32.0. The van der Waals surface area contributed by atoms with Gasteiger partial charge < -0.3 is 14.2 Å². The number of unbranched alkanes of at least 4 members (excludes halogenated alkanes) is 4. The summed E-state index contributed by atoms with van der Waals surface area (Å²) in [4.78, 5) is 23.8. The third-order valence-corrected chi connectivity index (χ3v) is 7.59. The van der Waals surface area contributed by atoms with Gasteiger partial charge in [-0.1, -0.05) is 93.3 Å². The molecule has 0 heterocycles. The van der Waals surface area contributed by atoms with E-state index in [4.69, 9.17) is 14.2 Å². The molecule has 0 spiro atoms. The first kappa shape index (κ1) is 33.4. The molecular formula is C38H43NO6. The minimum absolute atomic E-state index is 0.0533. The normalized spacial score (nSPS) is 11.6. The van der Waals surface area contributed by atoms with Crippen molar-refractivity contribution in [1.29, 1.82) is 0 Å². The summed E-state index contributed by atoms with van der Waals surface area (Å²) in [5.41, 5.74) is 3.78. The van der Waals surface area contributed by atoms with E-state index in [9.17, 15) is 14.9 Å². The average molecular weight is 610 g/mol. The lowest BCUT2D eigenvalue weighted by Gasteiger charge is -2.17. The van der Waals surface area contributed by atoms with Gasteiger partial charge in [-0.15, -0.1) is 0 Å². The van der Waals surface area contributed by atoms with Gasteiger partial charge in [-0.25, -0.2) is 0 Å². The highest BCUT2D eigenvalue weighted by atomic mass is 16.6. The zero-order valence-electron chi connectivity index (χ0n) is 26.1. The summed E-state index contributed by atoms with van der Waals surface area (Å²) in [5, 5.41) is 10.9. The molecule has 1 unspecified atom stereocenters. The maximum Gasteiger partial charge on any atom is 0.269 e. The monoisotopic (exact) mass is 609 g/mol. The molecule has 0 amide bonds. The summed E-state index contributed by atoms with van der Waals surface area (Å²) in [6.45, 7) is 3.57. The number of nitrogens with zero attached hydrogens (tertiary/aromatic N) is 1. The van der Waals surface area contributed by atoms with Crippen LogP contribution in [-0.2, 0) is 18.0 Å². The minimum atomic E-state index is -0.384. The number of Topliss-reactive ketones (excluding diaryl/α,β-unsaturated/α-hetero) is 1. The molecule has 0 aliphatic rings. The molecule has 0 bridgehead atoms. The fourth-order valence-corrected chi connectivity index (χ4v) is 5.09. The van der Waals surface area contributed by atoms with Crippen LogP contribution in [0.5, 0.6) is 11.5 Å². The van der Waals surface area contributed by atoms with Crippen molar-refractivity contribution < 1.29 is 23.9 Å². The lowest BCUT2D eigenvalue weighted by Crippen LogP contribution is -2.06. The summed E-state index contributed by atoms with van der Waals surface area (Å²) < 4.78 is 18.3. The van der Waals surface area contributed by atoms with Gasteiger partial charge >= 0.3 is 0 Å². The van der Waals surface area contributed by atoms with Crippen molar-refractivity contribution in [1.82, 2.24) is 0 Å². The van der Waals surface area contributed by atoms with Gasteiger partial charge in [0.25, 0.3) is 5.69 Å².